The van der Waals surface area contributed by atoms with Gasteiger partial charge in [-0.05, 0) is 42.4 Å². The van der Waals surface area contributed by atoms with Gasteiger partial charge in [-0.1, -0.05) is 24.3 Å². The van der Waals surface area contributed by atoms with Crippen LogP contribution in [0.25, 0.3) is 11.4 Å². The van der Waals surface area contributed by atoms with Crippen LogP contribution in [-0.4, -0.2) is 19.7 Å². The van der Waals surface area contributed by atoms with E-state index in [1.54, 1.807) is 12.4 Å². The number of aromatic amines is 1. The van der Waals surface area contributed by atoms with Crippen LogP contribution >= 0.6 is 12.2 Å². The minimum absolute atomic E-state index is 0.618. The molecule has 2 aromatic heterocycles. The normalized spacial score (nSPS) is 10.7. The Hall–Kier alpha value is -2.27. The number of hydrogen-bond donors (Lipinski definition) is 1. The molecule has 0 aliphatic carbocycles. The molecule has 1 N–H and O–H groups in total. The van der Waals surface area contributed by atoms with Crippen molar-refractivity contribution in [2.24, 2.45) is 0 Å². The van der Waals surface area contributed by atoms with Crippen LogP contribution in [0.5, 0.6) is 0 Å². The molecule has 0 saturated heterocycles. The van der Waals surface area contributed by atoms with E-state index < -0.39 is 0 Å². The number of aryl methyl sites for hydroxylation is 1. The van der Waals surface area contributed by atoms with Crippen molar-refractivity contribution in [2.75, 3.05) is 0 Å². The molecule has 0 amide bonds. The van der Waals surface area contributed by atoms with E-state index in [0.717, 1.165) is 11.4 Å². The van der Waals surface area contributed by atoms with E-state index in [1.165, 1.54) is 11.1 Å². The molecule has 3 rings (SSSR count). The largest absolute Gasteiger partial charge is 0.296 e. The van der Waals surface area contributed by atoms with Crippen LogP contribution in [0.1, 0.15) is 11.1 Å². The maximum Gasteiger partial charge on any atom is 0.195 e. The Morgan fingerprint density at radius 2 is 2.05 bits per heavy atom. The monoisotopic (exact) mass is 282 g/mol. The number of H-pyrrole nitrogens is 1. The van der Waals surface area contributed by atoms with Gasteiger partial charge in [0.25, 0.3) is 0 Å². The molecule has 4 nitrogen and oxygen atoms in total. The summed E-state index contributed by atoms with van der Waals surface area (Å²) in [4.78, 5) is 4.13. The zero-order valence-corrected chi connectivity index (χ0v) is 11.9. The summed E-state index contributed by atoms with van der Waals surface area (Å²) in [7, 11) is 0. The number of aromatic nitrogens is 4. The smallest absolute Gasteiger partial charge is 0.195 e. The average Bonchev–Trinajstić information content (AvgIpc) is 2.84. The SMILES string of the molecule is Cc1ccccc1Cn1c(-c2cccnc2)n[nH]c1=S. The fourth-order valence-electron chi connectivity index (χ4n) is 2.14. The van der Waals surface area contributed by atoms with Crippen LogP contribution in [0.2, 0.25) is 0 Å². The Bertz CT molecular complexity index is 774. The molecular formula is C15H14N4S. The third-order valence-electron chi connectivity index (χ3n) is 3.27. The topological polar surface area (TPSA) is 46.5 Å². The quantitative estimate of drug-likeness (QED) is 0.749. The number of pyridine rings is 1. The maximum absolute atomic E-state index is 5.34. The second-order valence-electron chi connectivity index (χ2n) is 4.61. The van der Waals surface area contributed by atoms with Crippen molar-refractivity contribution in [1.29, 1.82) is 0 Å². The lowest BCUT2D eigenvalue weighted by Gasteiger charge is -2.09. The van der Waals surface area contributed by atoms with Gasteiger partial charge in [-0.2, -0.15) is 5.10 Å². The molecule has 2 heterocycles. The van der Waals surface area contributed by atoms with Crippen LogP contribution in [-0.2, 0) is 6.54 Å². The highest BCUT2D eigenvalue weighted by molar-refractivity contribution is 7.71. The first kappa shape index (κ1) is 12.7. The molecule has 100 valence electrons. The van der Waals surface area contributed by atoms with E-state index in [4.69, 9.17) is 12.2 Å². The predicted molar refractivity (Wildman–Crippen MR) is 80.9 cm³/mol. The number of nitrogens with zero attached hydrogens (tertiary/aromatic N) is 3. The molecule has 0 aliphatic rings. The van der Waals surface area contributed by atoms with Crippen LogP contribution in [0.4, 0.5) is 0 Å². The van der Waals surface area contributed by atoms with Crippen molar-refractivity contribution < 1.29 is 0 Å². The number of hydrogen-bond acceptors (Lipinski definition) is 3. The van der Waals surface area contributed by atoms with Crippen molar-refractivity contribution in [3.63, 3.8) is 0 Å². The Labute approximate surface area is 122 Å². The third kappa shape index (κ3) is 2.40. The van der Waals surface area contributed by atoms with Crippen molar-refractivity contribution in [3.05, 3.63) is 64.7 Å². The van der Waals surface area contributed by atoms with E-state index in [-0.39, 0.29) is 0 Å². The zero-order chi connectivity index (χ0) is 13.9. The first-order valence-electron chi connectivity index (χ1n) is 6.36. The molecule has 3 aromatic rings. The summed E-state index contributed by atoms with van der Waals surface area (Å²) in [5.74, 6) is 0.811. The molecule has 0 atom stereocenters. The maximum atomic E-state index is 5.34. The fraction of sp³-hybridized carbons (Fsp3) is 0.133. The molecule has 0 fully saturated rings. The van der Waals surface area contributed by atoms with Gasteiger partial charge in [0.15, 0.2) is 10.6 Å². The van der Waals surface area contributed by atoms with Crippen molar-refractivity contribution in [2.45, 2.75) is 13.5 Å². The van der Waals surface area contributed by atoms with E-state index in [2.05, 4.69) is 34.2 Å². The second kappa shape index (κ2) is 5.38. The minimum Gasteiger partial charge on any atom is -0.296 e. The molecule has 20 heavy (non-hydrogen) atoms. The van der Waals surface area contributed by atoms with Crippen molar-refractivity contribution in [3.8, 4) is 11.4 Å². The number of rotatable bonds is 3. The second-order valence-corrected chi connectivity index (χ2v) is 4.99. The van der Waals surface area contributed by atoms with Gasteiger partial charge < -0.3 is 0 Å². The molecule has 0 bridgehead atoms. The number of benzene rings is 1. The minimum atomic E-state index is 0.618. The molecule has 0 radical (unpaired) electrons. The lowest BCUT2D eigenvalue weighted by Crippen LogP contribution is -2.04. The fourth-order valence-corrected chi connectivity index (χ4v) is 2.33. The Kier molecular flexibility index (Phi) is 3.43. The van der Waals surface area contributed by atoms with Crippen LogP contribution < -0.4 is 0 Å². The highest BCUT2D eigenvalue weighted by atomic mass is 32.1. The summed E-state index contributed by atoms with van der Waals surface area (Å²) in [6.07, 6.45) is 3.54. The molecule has 0 aliphatic heterocycles. The summed E-state index contributed by atoms with van der Waals surface area (Å²) in [6, 6.07) is 12.2. The standard InChI is InChI=1S/C15H14N4S/c1-11-5-2-3-6-13(11)10-19-14(17-18-15(19)20)12-7-4-8-16-9-12/h2-9H,10H2,1H3,(H,18,20). The first-order valence-corrected chi connectivity index (χ1v) is 6.76. The van der Waals surface area contributed by atoms with Crippen LogP contribution in [0.15, 0.2) is 48.8 Å². The van der Waals surface area contributed by atoms with Crippen molar-refractivity contribution >= 4 is 12.2 Å². The molecule has 0 spiro atoms. The Morgan fingerprint density at radius 1 is 1.20 bits per heavy atom. The highest BCUT2D eigenvalue weighted by Gasteiger charge is 2.10. The van der Waals surface area contributed by atoms with E-state index in [1.807, 2.05) is 28.8 Å². The van der Waals surface area contributed by atoms with Crippen LogP contribution in [0.3, 0.4) is 0 Å². The van der Waals surface area contributed by atoms with Gasteiger partial charge in [0.05, 0.1) is 6.54 Å². The van der Waals surface area contributed by atoms with E-state index in [9.17, 15) is 0 Å². The molecular weight excluding hydrogens is 268 g/mol. The lowest BCUT2D eigenvalue weighted by molar-refractivity contribution is 0.785. The van der Waals surface area contributed by atoms with Gasteiger partial charge in [0, 0.05) is 18.0 Å². The summed E-state index contributed by atoms with van der Waals surface area (Å²) in [5.41, 5.74) is 3.43. The van der Waals surface area contributed by atoms with Gasteiger partial charge in [0.2, 0.25) is 0 Å². The van der Waals surface area contributed by atoms with Gasteiger partial charge >= 0.3 is 0 Å². The van der Waals surface area contributed by atoms with Gasteiger partial charge in [0.1, 0.15) is 0 Å². The highest BCUT2D eigenvalue weighted by Crippen LogP contribution is 2.18. The summed E-state index contributed by atoms with van der Waals surface area (Å²) in [6.45, 7) is 2.80. The Balaban J connectivity index is 2.05. The van der Waals surface area contributed by atoms with Gasteiger partial charge in [-0.3, -0.25) is 14.6 Å². The van der Waals surface area contributed by atoms with Crippen molar-refractivity contribution in [1.82, 2.24) is 19.7 Å². The molecule has 0 saturated carbocycles. The summed E-state index contributed by atoms with van der Waals surface area (Å²) in [5, 5.41) is 7.18. The molecule has 5 heteroatoms. The lowest BCUT2D eigenvalue weighted by atomic mass is 10.1. The van der Waals surface area contributed by atoms with Gasteiger partial charge in [-0.15, -0.1) is 0 Å². The predicted octanol–water partition coefficient (Wildman–Crippen LogP) is 3.36. The summed E-state index contributed by atoms with van der Waals surface area (Å²) >= 11 is 5.34. The average molecular weight is 282 g/mol. The Morgan fingerprint density at radius 3 is 2.80 bits per heavy atom. The van der Waals surface area contributed by atoms with Gasteiger partial charge in [-0.25, -0.2) is 0 Å². The molecule has 0 unspecified atom stereocenters. The van der Waals surface area contributed by atoms with E-state index in [0.29, 0.717) is 11.3 Å². The third-order valence-corrected chi connectivity index (χ3v) is 3.58. The number of nitrogens with one attached hydrogen (secondary N) is 1. The zero-order valence-electron chi connectivity index (χ0n) is 11.1. The first-order chi connectivity index (χ1) is 9.75. The van der Waals surface area contributed by atoms with Crippen LogP contribution in [0, 0.1) is 11.7 Å². The molecule has 1 aromatic carbocycles. The summed E-state index contributed by atoms with van der Waals surface area (Å²) < 4.78 is 2.61. The van der Waals surface area contributed by atoms with E-state index >= 15 is 0 Å².